The van der Waals surface area contributed by atoms with Crippen molar-refractivity contribution in [3.05, 3.63) is 41.4 Å². The van der Waals surface area contributed by atoms with E-state index < -0.39 is 22.3 Å². The number of anilines is 1. The maximum absolute atomic E-state index is 13.3. The molecule has 0 radical (unpaired) electrons. The van der Waals surface area contributed by atoms with Crippen LogP contribution in [0.2, 0.25) is 5.02 Å². The lowest BCUT2D eigenvalue weighted by Crippen LogP contribution is -2.30. The first-order valence-electron chi connectivity index (χ1n) is 11.2. The minimum absolute atomic E-state index is 0.00953. The second kappa shape index (κ2) is 11.8. The molecule has 1 aliphatic rings. The smallest absolute Gasteiger partial charge is 0.236 e. The van der Waals surface area contributed by atoms with Crippen molar-refractivity contribution in [3.8, 4) is 17.4 Å². The highest BCUT2D eigenvalue weighted by Gasteiger charge is 2.29. The van der Waals surface area contributed by atoms with Gasteiger partial charge in [0.25, 0.3) is 0 Å². The second-order valence-electron chi connectivity index (χ2n) is 8.03. The van der Waals surface area contributed by atoms with E-state index >= 15 is 0 Å². The van der Waals surface area contributed by atoms with E-state index in [0.29, 0.717) is 47.3 Å². The number of hydrogen-bond acceptors (Lipinski definition) is 9. The highest BCUT2D eigenvalue weighted by atomic mass is 35.5. The zero-order valence-electron chi connectivity index (χ0n) is 19.8. The molecule has 0 saturated carbocycles. The number of aromatic nitrogens is 6. The Morgan fingerprint density at radius 1 is 1.26 bits per heavy atom. The van der Waals surface area contributed by atoms with E-state index in [-0.39, 0.29) is 6.10 Å². The van der Waals surface area contributed by atoms with Gasteiger partial charge in [0.1, 0.15) is 22.8 Å². The van der Waals surface area contributed by atoms with Crippen molar-refractivity contribution in [2.75, 3.05) is 25.5 Å². The van der Waals surface area contributed by atoms with Crippen molar-refractivity contribution in [2.45, 2.75) is 50.2 Å². The summed E-state index contributed by atoms with van der Waals surface area (Å²) in [6.07, 6.45) is 5.37. The van der Waals surface area contributed by atoms with Gasteiger partial charge in [0.15, 0.2) is 11.6 Å². The Morgan fingerprint density at radius 3 is 2.74 bits per heavy atom. The second-order valence-corrected chi connectivity index (χ2v) is 10.0. The van der Waals surface area contributed by atoms with Gasteiger partial charge in [-0.15, -0.1) is 10.2 Å². The Kier molecular flexibility index (Phi) is 8.60. The van der Waals surface area contributed by atoms with Gasteiger partial charge in [0, 0.05) is 32.2 Å². The molecular weight excluding hydrogens is 494 g/mol. The number of rotatable bonds is 10. The van der Waals surface area contributed by atoms with Crippen LogP contribution in [0.5, 0.6) is 5.88 Å². The third-order valence-electron chi connectivity index (χ3n) is 5.68. The number of hydrogen-bond donors (Lipinski definition) is 1. The molecule has 1 saturated heterocycles. The summed E-state index contributed by atoms with van der Waals surface area (Å²) >= 11 is 5.90. The van der Waals surface area contributed by atoms with Crippen LogP contribution < -0.4 is 9.46 Å². The van der Waals surface area contributed by atoms with Crippen LogP contribution in [0, 0.1) is 0 Å². The molecule has 4 atom stereocenters. The van der Waals surface area contributed by atoms with E-state index in [0.717, 1.165) is 19.3 Å². The van der Waals surface area contributed by atoms with Crippen LogP contribution in [-0.4, -0.2) is 66.1 Å². The number of pyridine rings is 1. The first-order valence-corrected chi connectivity index (χ1v) is 12.8. The van der Waals surface area contributed by atoms with Gasteiger partial charge < -0.3 is 14.2 Å². The number of methoxy groups -OCH3 is 2. The lowest BCUT2D eigenvalue weighted by atomic mass is 10.1. The molecular formula is C22H28ClN7O4S. The average Bonchev–Trinajstić information content (AvgIpc) is 3.27. The molecule has 0 amide bonds. The van der Waals surface area contributed by atoms with Gasteiger partial charge in [0.2, 0.25) is 11.8 Å². The Balaban J connectivity index is 1.60. The topological polar surface area (TPSA) is 126 Å². The fourth-order valence-corrected chi connectivity index (χ4v) is 4.89. The first kappa shape index (κ1) is 25.4. The predicted octanol–water partition coefficient (Wildman–Crippen LogP) is 3.21. The Bertz CT molecular complexity index is 1140. The zero-order valence-corrected chi connectivity index (χ0v) is 21.3. The normalized spacial score (nSPS) is 18.6. The highest BCUT2D eigenvalue weighted by Crippen LogP contribution is 2.26. The van der Waals surface area contributed by atoms with Crippen molar-refractivity contribution >= 4 is 28.5 Å². The van der Waals surface area contributed by atoms with Crippen LogP contribution >= 0.6 is 11.6 Å². The molecule has 0 aromatic carbocycles. The minimum atomic E-state index is -1.61. The summed E-state index contributed by atoms with van der Waals surface area (Å²) in [5.74, 6) is 1.71. The van der Waals surface area contributed by atoms with Crippen LogP contribution in [0.1, 0.15) is 38.1 Å². The van der Waals surface area contributed by atoms with E-state index in [9.17, 15) is 4.21 Å². The lowest BCUT2D eigenvalue weighted by Gasteiger charge is -2.25. The van der Waals surface area contributed by atoms with Gasteiger partial charge in [0.05, 0.1) is 30.0 Å². The van der Waals surface area contributed by atoms with E-state index in [1.165, 1.54) is 19.5 Å². The third-order valence-corrected chi connectivity index (χ3v) is 7.18. The molecule has 188 valence electrons. The van der Waals surface area contributed by atoms with Gasteiger partial charge in [-0.3, -0.25) is 9.29 Å². The van der Waals surface area contributed by atoms with Crippen molar-refractivity contribution in [2.24, 2.45) is 0 Å². The van der Waals surface area contributed by atoms with Crippen LogP contribution in [0.25, 0.3) is 11.5 Å². The third kappa shape index (κ3) is 6.13. The molecule has 0 spiro atoms. The van der Waals surface area contributed by atoms with Gasteiger partial charge in [-0.1, -0.05) is 17.7 Å². The summed E-state index contributed by atoms with van der Waals surface area (Å²) in [6, 6.07) is 5.42. The van der Waals surface area contributed by atoms with Crippen molar-refractivity contribution in [1.29, 1.82) is 0 Å². The fourth-order valence-electron chi connectivity index (χ4n) is 3.82. The number of ether oxygens (including phenoxy) is 3. The minimum Gasteiger partial charge on any atom is -0.481 e. The zero-order chi connectivity index (χ0) is 24.8. The summed E-state index contributed by atoms with van der Waals surface area (Å²) in [6.45, 7) is 2.98. The monoisotopic (exact) mass is 521 g/mol. The van der Waals surface area contributed by atoms with Gasteiger partial charge in [-0.25, -0.2) is 19.2 Å². The van der Waals surface area contributed by atoms with Crippen molar-refractivity contribution in [3.63, 3.8) is 0 Å². The Labute approximate surface area is 211 Å². The van der Waals surface area contributed by atoms with Gasteiger partial charge in [-0.05, 0) is 32.3 Å². The van der Waals surface area contributed by atoms with E-state index in [2.05, 4.69) is 29.9 Å². The average molecular weight is 522 g/mol. The molecule has 35 heavy (non-hydrogen) atoms. The molecule has 3 aromatic rings. The van der Waals surface area contributed by atoms with E-state index in [1.807, 2.05) is 16.7 Å². The molecule has 3 aromatic heterocycles. The van der Waals surface area contributed by atoms with Crippen LogP contribution in [-0.2, 0) is 27.0 Å². The lowest BCUT2D eigenvalue weighted by molar-refractivity contribution is 0.00651. The highest BCUT2D eigenvalue weighted by molar-refractivity contribution is 7.87. The van der Waals surface area contributed by atoms with Crippen LogP contribution in [0.15, 0.2) is 30.6 Å². The predicted molar refractivity (Wildman–Crippen MR) is 131 cm³/mol. The molecule has 13 heteroatoms. The largest absolute Gasteiger partial charge is 0.481 e. The maximum Gasteiger partial charge on any atom is 0.236 e. The summed E-state index contributed by atoms with van der Waals surface area (Å²) in [5, 5.41) is 8.52. The first-order chi connectivity index (χ1) is 17.0. The Morgan fingerprint density at radius 2 is 2.06 bits per heavy atom. The molecule has 4 heterocycles. The molecule has 11 nitrogen and oxygen atoms in total. The van der Waals surface area contributed by atoms with Gasteiger partial charge >= 0.3 is 0 Å². The SMILES string of the molecule is COc1cccc(-c2nnc(NS(=O)C(C)C(OC)c3ncc(Cl)cn3)n2CC2CCCCO2)n1. The van der Waals surface area contributed by atoms with Crippen LogP contribution in [0.4, 0.5) is 5.95 Å². The number of nitrogens with zero attached hydrogens (tertiary/aromatic N) is 6. The van der Waals surface area contributed by atoms with E-state index in [1.54, 1.807) is 20.1 Å². The van der Waals surface area contributed by atoms with Crippen molar-refractivity contribution in [1.82, 2.24) is 29.7 Å². The molecule has 0 bridgehead atoms. The van der Waals surface area contributed by atoms with Crippen LogP contribution in [0.3, 0.4) is 0 Å². The molecule has 1 N–H and O–H groups in total. The molecule has 0 aliphatic carbocycles. The Hall–Kier alpha value is -2.67. The maximum atomic E-state index is 13.3. The summed E-state index contributed by atoms with van der Waals surface area (Å²) in [7, 11) is 1.46. The number of nitrogens with one attached hydrogen (secondary N) is 1. The van der Waals surface area contributed by atoms with Crippen molar-refractivity contribution < 1.29 is 18.4 Å². The molecule has 1 aliphatic heterocycles. The summed E-state index contributed by atoms with van der Waals surface area (Å²) in [4.78, 5) is 12.9. The standard InChI is InChI=1S/C22H28ClN7O4S/c1-14(19(33-3)20-24-11-15(23)12-25-20)35(31)29-22-28-27-21(17-8-6-9-18(26-17)32-2)30(22)13-16-7-4-5-10-34-16/h6,8-9,11-12,14,16,19H,4-5,7,10,13H2,1-3H3,(H,28,29). The quantitative estimate of drug-likeness (QED) is 0.427. The molecule has 4 rings (SSSR count). The molecule has 1 fully saturated rings. The summed E-state index contributed by atoms with van der Waals surface area (Å²) < 4.78 is 35.0. The molecule has 4 unspecified atom stereocenters. The fraction of sp³-hybridized carbons (Fsp3) is 0.500. The summed E-state index contributed by atoms with van der Waals surface area (Å²) in [5.41, 5.74) is 0.587. The van der Waals surface area contributed by atoms with Gasteiger partial charge in [-0.2, -0.15) is 0 Å². The number of halogens is 1. The van der Waals surface area contributed by atoms with E-state index in [4.69, 9.17) is 25.8 Å².